The number of nitrogens with one attached hydrogen (secondary N) is 1. The summed E-state index contributed by atoms with van der Waals surface area (Å²) in [5.41, 5.74) is 0. The Morgan fingerprint density at radius 3 is 2.50 bits per heavy atom. The van der Waals surface area contributed by atoms with Gasteiger partial charge in [0, 0.05) is 25.7 Å². The standard InChI is InChI=1S/C12H24N2O2/c1-10(2)13-6-9-16-11(3)12(15)14-7-4-5-8-14/h10-11,13H,4-9H2,1-3H3. The van der Waals surface area contributed by atoms with Gasteiger partial charge in [0.25, 0.3) is 5.91 Å². The Labute approximate surface area is 98.3 Å². The van der Waals surface area contributed by atoms with E-state index in [1.807, 2.05) is 11.8 Å². The number of ether oxygens (including phenoxy) is 1. The fraction of sp³-hybridized carbons (Fsp3) is 0.917. The summed E-state index contributed by atoms with van der Waals surface area (Å²) in [5.74, 6) is 0.141. The fourth-order valence-corrected chi connectivity index (χ4v) is 1.85. The van der Waals surface area contributed by atoms with E-state index < -0.39 is 0 Å². The number of carbonyl (C=O) groups is 1. The Morgan fingerprint density at radius 1 is 1.31 bits per heavy atom. The smallest absolute Gasteiger partial charge is 0.251 e. The van der Waals surface area contributed by atoms with Crippen LogP contribution in [0.25, 0.3) is 0 Å². The quantitative estimate of drug-likeness (QED) is 0.690. The maximum Gasteiger partial charge on any atom is 0.251 e. The lowest BCUT2D eigenvalue weighted by Crippen LogP contribution is -2.38. The van der Waals surface area contributed by atoms with Gasteiger partial charge in [0.15, 0.2) is 0 Å². The van der Waals surface area contributed by atoms with Gasteiger partial charge in [0.1, 0.15) is 6.10 Å². The van der Waals surface area contributed by atoms with Crippen LogP contribution >= 0.6 is 0 Å². The van der Waals surface area contributed by atoms with Crippen molar-refractivity contribution in [1.29, 1.82) is 0 Å². The summed E-state index contributed by atoms with van der Waals surface area (Å²) in [4.78, 5) is 13.8. The number of nitrogens with zero attached hydrogens (tertiary/aromatic N) is 1. The van der Waals surface area contributed by atoms with Gasteiger partial charge >= 0.3 is 0 Å². The van der Waals surface area contributed by atoms with Crippen LogP contribution in [0.3, 0.4) is 0 Å². The van der Waals surface area contributed by atoms with Gasteiger partial charge in [-0.3, -0.25) is 4.79 Å². The van der Waals surface area contributed by atoms with Crippen LogP contribution in [0.15, 0.2) is 0 Å². The molecule has 16 heavy (non-hydrogen) atoms. The minimum Gasteiger partial charge on any atom is -0.367 e. The molecule has 0 bridgehead atoms. The third-order valence-electron chi connectivity index (χ3n) is 2.79. The third kappa shape index (κ3) is 4.49. The van der Waals surface area contributed by atoms with Crippen molar-refractivity contribution in [2.75, 3.05) is 26.2 Å². The van der Waals surface area contributed by atoms with Gasteiger partial charge in [-0.25, -0.2) is 0 Å². The zero-order chi connectivity index (χ0) is 12.0. The third-order valence-corrected chi connectivity index (χ3v) is 2.79. The van der Waals surface area contributed by atoms with Crippen LogP contribution in [0, 0.1) is 0 Å². The Balaban J connectivity index is 2.13. The molecule has 0 aromatic heterocycles. The van der Waals surface area contributed by atoms with E-state index in [0.29, 0.717) is 12.6 Å². The van der Waals surface area contributed by atoms with Crippen molar-refractivity contribution in [2.45, 2.75) is 45.8 Å². The molecule has 1 amide bonds. The molecular weight excluding hydrogens is 204 g/mol. The highest BCUT2D eigenvalue weighted by Crippen LogP contribution is 2.10. The van der Waals surface area contributed by atoms with Crippen LogP contribution in [-0.2, 0) is 9.53 Å². The molecular formula is C12H24N2O2. The van der Waals surface area contributed by atoms with E-state index in [1.165, 1.54) is 0 Å². The molecule has 1 aliphatic heterocycles. The number of likely N-dealkylation sites (tertiary alicyclic amines) is 1. The van der Waals surface area contributed by atoms with E-state index in [0.717, 1.165) is 32.5 Å². The lowest BCUT2D eigenvalue weighted by Gasteiger charge is -2.20. The molecule has 0 aromatic carbocycles. The summed E-state index contributed by atoms with van der Waals surface area (Å²) in [6.07, 6.45) is 1.97. The van der Waals surface area contributed by atoms with E-state index in [2.05, 4.69) is 19.2 Å². The molecule has 1 fully saturated rings. The molecule has 0 spiro atoms. The first kappa shape index (κ1) is 13.5. The Kier molecular flexibility index (Phi) is 5.77. The maximum atomic E-state index is 11.9. The molecule has 1 saturated heterocycles. The summed E-state index contributed by atoms with van der Waals surface area (Å²) >= 11 is 0. The molecule has 1 rings (SSSR count). The van der Waals surface area contributed by atoms with Crippen molar-refractivity contribution < 1.29 is 9.53 Å². The molecule has 1 N–H and O–H groups in total. The Hall–Kier alpha value is -0.610. The van der Waals surface area contributed by atoms with Crippen LogP contribution in [-0.4, -0.2) is 49.2 Å². The van der Waals surface area contributed by atoms with Crippen LogP contribution in [0.1, 0.15) is 33.6 Å². The number of hydrogen-bond donors (Lipinski definition) is 1. The van der Waals surface area contributed by atoms with Gasteiger partial charge in [0.2, 0.25) is 0 Å². The van der Waals surface area contributed by atoms with Crippen molar-refractivity contribution >= 4 is 5.91 Å². The van der Waals surface area contributed by atoms with E-state index in [-0.39, 0.29) is 12.0 Å². The topological polar surface area (TPSA) is 41.6 Å². The minimum absolute atomic E-state index is 0.141. The van der Waals surface area contributed by atoms with Crippen molar-refractivity contribution in [3.8, 4) is 0 Å². The SMILES string of the molecule is CC(C)NCCOC(C)C(=O)N1CCCC1. The highest BCUT2D eigenvalue weighted by Gasteiger charge is 2.23. The van der Waals surface area contributed by atoms with Gasteiger partial charge in [-0.05, 0) is 19.8 Å². The van der Waals surface area contributed by atoms with Crippen LogP contribution in [0.4, 0.5) is 0 Å². The van der Waals surface area contributed by atoms with E-state index in [1.54, 1.807) is 0 Å². The number of rotatable bonds is 6. The Bertz CT molecular complexity index is 213. The fourth-order valence-electron chi connectivity index (χ4n) is 1.85. The van der Waals surface area contributed by atoms with Crippen LogP contribution in [0.5, 0.6) is 0 Å². The lowest BCUT2D eigenvalue weighted by molar-refractivity contribution is -0.141. The van der Waals surface area contributed by atoms with E-state index in [9.17, 15) is 4.79 Å². The first-order valence-corrected chi connectivity index (χ1v) is 6.25. The molecule has 0 aliphatic carbocycles. The van der Waals surface area contributed by atoms with Crippen molar-refractivity contribution in [3.63, 3.8) is 0 Å². The molecule has 0 aromatic rings. The lowest BCUT2D eigenvalue weighted by atomic mass is 10.3. The maximum absolute atomic E-state index is 11.9. The normalized spacial score (nSPS) is 18.1. The zero-order valence-electron chi connectivity index (χ0n) is 10.7. The van der Waals surface area contributed by atoms with Gasteiger partial charge in [-0.15, -0.1) is 0 Å². The molecule has 0 saturated carbocycles. The summed E-state index contributed by atoms with van der Waals surface area (Å²) in [6.45, 7) is 9.23. The molecule has 1 heterocycles. The molecule has 1 aliphatic rings. The Morgan fingerprint density at radius 2 is 1.94 bits per heavy atom. The van der Waals surface area contributed by atoms with Crippen LogP contribution < -0.4 is 5.32 Å². The molecule has 1 atom stereocenters. The summed E-state index contributed by atoms with van der Waals surface area (Å²) in [5, 5.41) is 3.26. The zero-order valence-corrected chi connectivity index (χ0v) is 10.7. The number of carbonyl (C=O) groups excluding carboxylic acids is 1. The van der Waals surface area contributed by atoms with Crippen LogP contribution in [0.2, 0.25) is 0 Å². The molecule has 94 valence electrons. The largest absolute Gasteiger partial charge is 0.367 e. The van der Waals surface area contributed by atoms with Crippen molar-refractivity contribution in [3.05, 3.63) is 0 Å². The second-order valence-corrected chi connectivity index (χ2v) is 4.65. The predicted molar refractivity (Wildman–Crippen MR) is 64.4 cm³/mol. The van der Waals surface area contributed by atoms with Crippen molar-refractivity contribution in [1.82, 2.24) is 10.2 Å². The highest BCUT2D eigenvalue weighted by molar-refractivity contribution is 5.80. The average Bonchev–Trinajstić information content (AvgIpc) is 2.76. The summed E-state index contributed by atoms with van der Waals surface area (Å²) in [7, 11) is 0. The van der Waals surface area contributed by atoms with Gasteiger partial charge in [0.05, 0.1) is 6.61 Å². The second-order valence-electron chi connectivity index (χ2n) is 4.65. The highest BCUT2D eigenvalue weighted by atomic mass is 16.5. The monoisotopic (exact) mass is 228 g/mol. The number of amides is 1. The molecule has 0 radical (unpaired) electrons. The van der Waals surface area contributed by atoms with E-state index in [4.69, 9.17) is 4.74 Å². The first-order chi connectivity index (χ1) is 7.61. The minimum atomic E-state index is -0.299. The van der Waals surface area contributed by atoms with Crippen molar-refractivity contribution in [2.24, 2.45) is 0 Å². The van der Waals surface area contributed by atoms with Gasteiger partial charge < -0.3 is 15.0 Å². The summed E-state index contributed by atoms with van der Waals surface area (Å²) < 4.78 is 5.51. The average molecular weight is 228 g/mol. The van der Waals surface area contributed by atoms with Gasteiger partial charge in [-0.2, -0.15) is 0 Å². The molecule has 4 heteroatoms. The van der Waals surface area contributed by atoms with Gasteiger partial charge in [-0.1, -0.05) is 13.8 Å². The second kappa shape index (κ2) is 6.86. The first-order valence-electron chi connectivity index (χ1n) is 6.25. The molecule has 4 nitrogen and oxygen atoms in total. The van der Waals surface area contributed by atoms with E-state index >= 15 is 0 Å². The number of hydrogen-bond acceptors (Lipinski definition) is 3. The predicted octanol–water partition coefficient (Wildman–Crippen LogP) is 1.01. The summed E-state index contributed by atoms with van der Waals surface area (Å²) in [6, 6.07) is 0.466. The molecule has 1 unspecified atom stereocenters.